The van der Waals surface area contributed by atoms with Crippen LogP contribution < -0.4 is 14.8 Å². The minimum Gasteiger partial charge on any atom is -0.495 e. The standard InChI is InChI=1S/C28H28FN2O6PS/c1-17-22(10-18-11-25(36-2)28(26(12-18)37-3)39-16-38(33,34)35)21-8-7-19(29)13-24(21)23(17)14-27(32)31-15-20-6-4-5-9-30-20/h4-13H,14-16H2,1-3H3,(H,31,32)(H2,33,34,35)/b22-10-. The van der Waals surface area contributed by atoms with Crippen molar-refractivity contribution in [3.63, 3.8) is 0 Å². The molecule has 3 aromatic rings. The summed E-state index contributed by atoms with van der Waals surface area (Å²) in [5, 5.41) is 2.88. The van der Waals surface area contributed by atoms with E-state index in [2.05, 4.69) is 10.3 Å². The molecule has 0 saturated carbocycles. The van der Waals surface area contributed by atoms with Gasteiger partial charge in [0.2, 0.25) is 5.91 Å². The van der Waals surface area contributed by atoms with Crippen molar-refractivity contribution in [1.82, 2.24) is 10.3 Å². The van der Waals surface area contributed by atoms with Gasteiger partial charge in [-0.1, -0.05) is 12.1 Å². The summed E-state index contributed by atoms with van der Waals surface area (Å²) in [6.45, 7) is 2.18. The van der Waals surface area contributed by atoms with Gasteiger partial charge in [0.25, 0.3) is 0 Å². The summed E-state index contributed by atoms with van der Waals surface area (Å²) in [7, 11) is -1.32. The number of halogens is 1. The van der Waals surface area contributed by atoms with Crippen LogP contribution in [-0.2, 0) is 15.9 Å². The van der Waals surface area contributed by atoms with E-state index in [0.717, 1.165) is 39.7 Å². The zero-order chi connectivity index (χ0) is 28.2. The highest BCUT2D eigenvalue weighted by Crippen LogP contribution is 2.48. The van der Waals surface area contributed by atoms with Gasteiger partial charge >= 0.3 is 7.60 Å². The van der Waals surface area contributed by atoms with Crippen molar-refractivity contribution < 1.29 is 33.0 Å². The van der Waals surface area contributed by atoms with Gasteiger partial charge in [-0.2, -0.15) is 0 Å². The number of carbonyl (C=O) groups is 1. The monoisotopic (exact) mass is 570 g/mol. The fraction of sp³-hybridized carbons (Fsp3) is 0.214. The summed E-state index contributed by atoms with van der Waals surface area (Å²) in [5.41, 5.74) is 4.83. The summed E-state index contributed by atoms with van der Waals surface area (Å²) in [6.07, 6.45) is 3.62. The number of ether oxygens (including phenoxy) is 2. The molecule has 8 nitrogen and oxygen atoms in total. The highest BCUT2D eigenvalue weighted by molar-refractivity contribution is 8.04. The molecule has 0 unspecified atom stereocenters. The topological polar surface area (TPSA) is 118 Å². The maximum absolute atomic E-state index is 14.3. The highest BCUT2D eigenvalue weighted by atomic mass is 32.2. The first kappa shape index (κ1) is 28.6. The van der Waals surface area contributed by atoms with Crippen molar-refractivity contribution in [2.75, 3.05) is 19.7 Å². The first-order valence-corrected chi connectivity index (χ1v) is 14.7. The lowest BCUT2D eigenvalue weighted by atomic mass is 10.0. The molecule has 1 aliphatic carbocycles. The molecule has 204 valence electrons. The number of amides is 1. The van der Waals surface area contributed by atoms with Crippen LogP contribution >= 0.6 is 19.4 Å². The van der Waals surface area contributed by atoms with Crippen LogP contribution in [0.1, 0.15) is 35.7 Å². The van der Waals surface area contributed by atoms with Gasteiger partial charge in [-0.3, -0.25) is 14.3 Å². The number of hydrogen-bond acceptors (Lipinski definition) is 6. The Morgan fingerprint density at radius 1 is 1.10 bits per heavy atom. The summed E-state index contributed by atoms with van der Waals surface area (Å²) in [5.74, 6) is 0.186. The van der Waals surface area contributed by atoms with Gasteiger partial charge in [0.1, 0.15) is 22.8 Å². The molecule has 11 heteroatoms. The average Bonchev–Trinajstić information content (AvgIpc) is 3.15. The van der Waals surface area contributed by atoms with Crippen LogP contribution in [0.15, 0.2) is 65.2 Å². The van der Waals surface area contributed by atoms with Crippen molar-refractivity contribution in [2.24, 2.45) is 0 Å². The van der Waals surface area contributed by atoms with E-state index in [0.29, 0.717) is 27.5 Å². The molecule has 0 fully saturated rings. The summed E-state index contributed by atoms with van der Waals surface area (Å²) < 4.78 is 36.7. The molecule has 0 radical (unpaired) electrons. The molecule has 4 rings (SSSR count). The van der Waals surface area contributed by atoms with E-state index in [1.807, 2.05) is 25.1 Å². The van der Waals surface area contributed by atoms with Crippen molar-refractivity contribution in [2.45, 2.75) is 24.8 Å². The molecule has 3 N–H and O–H groups in total. The maximum atomic E-state index is 14.3. The van der Waals surface area contributed by atoms with Crippen LogP contribution in [0.3, 0.4) is 0 Å². The molecule has 1 heterocycles. The van der Waals surface area contributed by atoms with Gasteiger partial charge in [-0.25, -0.2) is 4.39 Å². The Bertz CT molecular complexity index is 1480. The van der Waals surface area contributed by atoms with E-state index in [1.165, 1.54) is 26.4 Å². The lowest BCUT2D eigenvalue weighted by Crippen LogP contribution is -2.23. The predicted molar refractivity (Wildman–Crippen MR) is 150 cm³/mol. The van der Waals surface area contributed by atoms with E-state index in [4.69, 9.17) is 9.47 Å². The summed E-state index contributed by atoms with van der Waals surface area (Å²) in [4.78, 5) is 36.1. The second-order valence-corrected chi connectivity index (χ2v) is 11.9. The number of rotatable bonds is 10. The van der Waals surface area contributed by atoms with Gasteiger partial charge in [0, 0.05) is 6.20 Å². The van der Waals surface area contributed by atoms with Crippen LogP contribution in [-0.4, -0.2) is 40.4 Å². The largest absolute Gasteiger partial charge is 0.495 e. The molecule has 39 heavy (non-hydrogen) atoms. The number of nitrogens with one attached hydrogen (secondary N) is 1. The quantitative estimate of drug-likeness (QED) is 0.216. The summed E-state index contributed by atoms with van der Waals surface area (Å²) in [6, 6.07) is 13.5. The second kappa shape index (κ2) is 12.2. The van der Waals surface area contributed by atoms with Gasteiger partial charge in [0.05, 0.1) is 37.8 Å². The Morgan fingerprint density at radius 3 is 2.44 bits per heavy atom. The number of nitrogens with zero attached hydrogens (tertiary/aromatic N) is 1. The molecule has 2 aromatic carbocycles. The number of methoxy groups -OCH3 is 2. The number of aromatic nitrogens is 1. The minimum atomic E-state index is -4.25. The van der Waals surface area contributed by atoms with E-state index >= 15 is 0 Å². The fourth-order valence-corrected chi connectivity index (χ4v) is 6.10. The van der Waals surface area contributed by atoms with Crippen molar-refractivity contribution in [1.29, 1.82) is 0 Å². The number of fused-ring (bicyclic) bond motifs is 1. The third kappa shape index (κ3) is 6.96. The Morgan fingerprint density at radius 2 is 1.82 bits per heavy atom. The Balaban J connectivity index is 1.68. The fourth-order valence-electron chi connectivity index (χ4n) is 4.34. The number of thioether (sulfide) groups is 1. The zero-order valence-electron chi connectivity index (χ0n) is 21.6. The third-order valence-corrected chi connectivity index (χ3v) is 8.71. The van der Waals surface area contributed by atoms with Crippen LogP contribution in [0.4, 0.5) is 4.39 Å². The van der Waals surface area contributed by atoms with E-state index in [1.54, 1.807) is 30.5 Å². The maximum Gasteiger partial charge on any atom is 0.335 e. The van der Waals surface area contributed by atoms with Crippen LogP contribution in [0.2, 0.25) is 0 Å². The molecule has 1 aliphatic rings. The van der Waals surface area contributed by atoms with Crippen molar-refractivity contribution >= 4 is 42.5 Å². The average molecular weight is 571 g/mol. The van der Waals surface area contributed by atoms with Crippen molar-refractivity contribution in [3.05, 3.63) is 88.5 Å². The molecule has 1 aromatic heterocycles. The lowest BCUT2D eigenvalue weighted by Gasteiger charge is -2.15. The molecule has 0 aliphatic heterocycles. The Kier molecular flexibility index (Phi) is 8.92. The number of hydrogen-bond donors (Lipinski definition) is 3. The van der Waals surface area contributed by atoms with Crippen molar-refractivity contribution in [3.8, 4) is 11.5 Å². The lowest BCUT2D eigenvalue weighted by molar-refractivity contribution is -0.120. The Hall–Kier alpha value is -3.43. The molecule has 0 saturated heterocycles. The minimum absolute atomic E-state index is 0.0665. The Labute approximate surface area is 230 Å². The number of pyridine rings is 1. The van der Waals surface area contributed by atoms with E-state index in [-0.39, 0.29) is 18.9 Å². The number of benzene rings is 2. The second-order valence-electron chi connectivity index (χ2n) is 8.82. The third-order valence-electron chi connectivity index (χ3n) is 6.15. The smallest absolute Gasteiger partial charge is 0.335 e. The molecule has 0 bridgehead atoms. The first-order chi connectivity index (χ1) is 18.6. The molecule has 0 atom stereocenters. The number of carbonyl (C=O) groups excluding carboxylic acids is 1. The van der Waals surface area contributed by atoms with Gasteiger partial charge in [-0.05, 0) is 82.8 Å². The highest BCUT2D eigenvalue weighted by Gasteiger charge is 2.26. The van der Waals surface area contributed by atoms with Gasteiger partial charge in [-0.15, -0.1) is 11.8 Å². The summed E-state index contributed by atoms with van der Waals surface area (Å²) >= 11 is 0.948. The molecular formula is C28H28FN2O6PS. The zero-order valence-corrected chi connectivity index (χ0v) is 23.3. The first-order valence-electron chi connectivity index (χ1n) is 11.9. The molecular weight excluding hydrogens is 542 g/mol. The normalized spacial score (nSPS) is 13.9. The van der Waals surface area contributed by atoms with Crippen LogP contribution in [0.5, 0.6) is 11.5 Å². The SMILES string of the molecule is COc1cc(/C=C2/C(C)=C(CC(=O)NCc3ccccn3)c3cc(F)ccc32)cc(OC)c1SCP(=O)(O)O. The van der Waals surface area contributed by atoms with Gasteiger partial charge < -0.3 is 24.6 Å². The van der Waals surface area contributed by atoms with Gasteiger partial charge in [0.15, 0.2) is 0 Å². The molecule has 1 amide bonds. The van der Waals surface area contributed by atoms with E-state index in [9.17, 15) is 23.5 Å². The van der Waals surface area contributed by atoms with Crippen LogP contribution in [0, 0.1) is 5.82 Å². The number of allylic oxidation sites excluding steroid dienone is 2. The predicted octanol–water partition coefficient (Wildman–Crippen LogP) is 5.50. The van der Waals surface area contributed by atoms with Crippen LogP contribution in [0.25, 0.3) is 17.2 Å². The molecule has 0 spiro atoms. The van der Waals surface area contributed by atoms with E-state index < -0.39 is 18.9 Å².